The van der Waals surface area contributed by atoms with Crippen LogP contribution in [0.2, 0.25) is 0 Å². The molecule has 1 aromatic carbocycles. The number of hydrogen-bond donors (Lipinski definition) is 1. The third kappa shape index (κ3) is 3.73. The van der Waals surface area contributed by atoms with Gasteiger partial charge in [0.2, 0.25) is 5.91 Å². The first-order valence-electron chi connectivity index (χ1n) is 7.20. The molecular weight excluding hydrogens is 266 g/mol. The average Bonchev–Trinajstić information content (AvgIpc) is 2.48. The number of carbonyl (C=O) groups excluding carboxylic acids is 1. The van der Waals surface area contributed by atoms with E-state index in [-0.39, 0.29) is 5.91 Å². The van der Waals surface area contributed by atoms with Crippen molar-refractivity contribution < 1.29 is 9.53 Å². The van der Waals surface area contributed by atoms with Crippen molar-refractivity contribution >= 4 is 5.91 Å². The van der Waals surface area contributed by atoms with E-state index < -0.39 is 5.54 Å². The van der Waals surface area contributed by atoms with Gasteiger partial charge in [-0.1, -0.05) is 0 Å². The summed E-state index contributed by atoms with van der Waals surface area (Å²) in [5.41, 5.74) is 0.176. The molecule has 0 spiro atoms. The van der Waals surface area contributed by atoms with Gasteiger partial charge in [0.15, 0.2) is 0 Å². The summed E-state index contributed by atoms with van der Waals surface area (Å²) in [5, 5.41) is 11.6. The molecule has 2 rings (SSSR count). The Balaban J connectivity index is 1.76. The minimum Gasteiger partial charge on any atom is -0.494 e. The van der Waals surface area contributed by atoms with Crippen molar-refractivity contribution in [2.75, 3.05) is 26.2 Å². The van der Waals surface area contributed by atoms with Gasteiger partial charge in [0.05, 0.1) is 23.8 Å². The monoisotopic (exact) mass is 287 g/mol. The van der Waals surface area contributed by atoms with Crippen LogP contribution in [-0.4, -0.2) is 42.6 Å². The normalized spacial score (nSPS) is 17.9. The number of ether oxygens (including phenoxy) is 1. The highest BCUT2D eigenvalue weighted by Gasteiger charge is 2.36. The second-order valence-electron chi connectivity index (χ2n) is 5.64. The first-order valence-corrected chi connectivity index (χ1v) is 7.20. The topological polar surface area (TPSA) is 65.4 Å². The number of nitrogens with one attached hydrogen (secondary N) is 1. The Hall–Kier alpha value is -2.06. The van der Waals surface area contributed by atoms with E-state index >= 15 is 0 Å². The third-order valence-electron chi connectivity index (χ3n) is 3.84. The van der Waals surface area contributed by atoms with Gasteiger partial charge in [0.1, 0.15) is 5.75 Å². The summed E-state index contributed by atoms with van der Waals surface area (Å²) < 4.78 is 5.65. The number of hydrogen-bond acceptors (Lipinski definition) is 4. The molecule has 1 aromatic rings. The summed E-state index contributed by atoms with van der Waals surface area (Å²) in [6.45, 7) is 6.90. The van der Waals surface area contributed by atoms with Crippen molar-refractivity contribution in [1.29, 1.82) is 5.26 Å². The Labute approximate surface area is 125 Å². The molecule has 0 atom stereocenters. The molecule has 21 heavy (non-hydrogen) atoms. The number of benzene rings is 1. The maximum atomic E-state index is 11.8. The summed E-state index contributed by atoms with van der Waals surface area (Å²) in [6, 6.07) is 9.17. The van der Waals surface area contributed by atoms with Crippen LogP contribution in [0.15, 0.2) is 24.3 Å². The minimum atomic E-state index is -0.452. The Kier molecular flexibility index (Phi) is 4.81. The van der Waals surface area contributed by atoms with Crippen molar-refractivity contribution in [2.24, 2.45) is 0 Å². The van der Waals surface area contributed by atoms with Crippen LogP contribution < -0.4 is 10.1 Å². The standard InChI is InChI=1S/C16H21N3O2/c1-16(2)15(20)18-8-10-19(16)9-3-11-21-14-6-4-13(12-17)5-7-14/h4-7H,3,8-11H2,1-2H3,(H,18,20). The van der Waals surface area contributed by atoms with Crippen molar-refractivity contribution in [1.82, 2.24) is 10.2 Å². The number of amides is 1. The molecule has 1 fully saturated rings. The number of piperazine rings is 1. The minimum absolute atomic E-state index is 0.0850. The lowest BCUT2D eigenvalue weighted by Gasteiger charge is -2.41. The molecule has 5 nitrogen and oxygen atoms in total. The molecule has 0 radical (unpaired) electrons. The largest absolute Gasteiger partial charge is 0.494 e. The predicted octanol–water partition coefficient (Wildman–Crippen LogP) is 1.54. The van der Waals surface area contributed by atoms with E-state index in [1.807, 2.05) is 13.8 Å². The Bertz CT molecular complexity index is 531. The summed E-state index contributed by atoms with van der Waals surface area (Å²) in [7, 11) is 0. The maximum Gasteiger partial charge on any atom is 0.239 e. The molecule has 0 bridgehead atoms. The molecule has 1 heterocycles. The highest BCUT2D eigenvalue weighted by molar-refractivity contribution is 5.86. The Morgan fingerprint density at radius 1 is 1.38 bits per heavy atom. The molecule has 1 aliphatic rings. The van der Waals surface area contributed by atoms with Crippen LogP contribution >= 0.6 is 0 Å². The number of nitriles is 1. The zero-order valence-corrected chi connectivity index (χ0v) is 12.6. The lowest BCUT2D eigenvalue weighted by atomic mass is 9.99. The van der Waals surface area contributed by atoms with Gasteiger partial charge in [-0.2, -0.15) is 5.26 Å². The van der Waals surface area contributed by atoms with Crippen LogP contribution in [-0.2, 0) is 4.79 Å². The van der Waals surface area contributed by atoms with Crippen LogP contribution in [0, 0.1) is 11.3 Å². The van der Waals surface area contributed by atoms with Gasteiger partial charge in [-0.3, -0.25) is 9.69 Å². The first-order chi connectivity index (χ1) is 10.0. The maximum absolute atomic E-state index is 11.8. The van der Waals surface area contributed by atoms with E-state index in [1.54, 1.807) is 24.3 Å². The van der Waals surface area contributed by atoms with Crippen LogP contribution in [0.3, 0.4) is 0 Å². The van der Waals surface area contributed by atoms with E-state index in [2.05, 4.69) is 16.3 Å². The fourth-order valence-corrected chi connectivity index (χ4v) is 2.41. The molecule has 0 unspecified atom stereocenters. The molecule has 5 heteroatoms. The van der Waals surface area contributed by atoms with Crippen molar-refractivity contribution in [3.63, 3.8) is 0 Å². The van der Waals surface area contributed by atoms with E-state index in [1.165, 1.54) is 0 Å². The van der Waals surface area contributed by atoms with Gasteiger partial charge in [-0.05, 0) is 44.5 Å². The SMILES string of the molecule is CC1(C)C(=O)NCCN1CCCOc1ccc(C#N)cc1. The molecule has 1 aliphatic heterocycles. The van der Waals surface area contributed by atoms with Gasteiger partial charge >= 0.3 is 0 Å². The Morgan fingerprint density at radius 3 is 2.76 bits per heavy atom. The second kappa shape index (κ2) is 6.59. The number of rotatable bonds is 5. The summed E-state index contributed by atoms with van der Waals surface area (Å²) in [6.07, 6.45) is 0.858. The van der Waals surface area contributed by atoms with E-state index in [0.29, 0.717) is 18.7 Å². The average molecular weight is 287 g/mol. The van der Waals surface area contributed by atoms with Gasteiger partial charge in [0.25, 0.3) is 0 Å². The van der Waals surface area contributed by atoms with Crippen molar-refractivity contribution in [3.8, 4) is 11.8 Å². The van der Waals surface area contributed by atoms with Crippen molar-refractivity contribution in [2.45, 2.75) is 25.8 Å². The fraction of sp³-hybridized carbons (Fsp3) is 0.500. The predicted molar refractivity (Wildman–Crippen MR) is 79.9 cm³/mol. The number of nitrogens with zero attached hydrogens (tertiary/aromatic N) is 2. The van der Waals surface area contributed by atoms with E-state index in [9.17, 15) is 4.79 Å². The molecule has 1 N–H and O–H groups in total. The lowest BCUT2D eigenvalue weighted by molar-refractivity contribution is -0.135. The quantitative estimate of drug-likeness (QED) is 0.834. The Morgan fingerprint density at radius 2 is 2.10 bits per heavy atom. The van der Waals surface area contributed by atoms with Gasteiger partial charge in [-0.25, -0.2) is 0 Å². The van der Waals surface area contributed by atoms with Crippen LogP contribution in [0.5, 0.6) is 5.75 Å². The smallest absolute Gasteiger partial charge is 0.239 e. The van der Waals surface area contributed by atoms with Gasteiger partial charge < -0.3 is 10.1 Å². The summed E-state index contributed by atoms with van der Waals surface area (Å²) >= 11 is 0. The highest BCUT2D eigenvalue weighted by atomic mass is 16.5. The summed E-state index contributed by atoms with van der Waals surface area (Å²) in [5.74, 6) is 0.853. The molecule has 0 saturated carbocycles. The summed E-state index contributed by atoms with van der Waals surface area (Å²) in [4.78, 5) is 14.0. The lowest BCUT2D eigenvalue weighted by Crippen LogP contribution is -2.61. The van der Waals surface area contributed by atoms with Crippen molar-refractivity contribution in [3.05, 3.63) is 29.8 Å². The van der Waals surface area contributed by atoms with Gasteiger partial charge in [0, 0.05) is 19.6 Å². The molecule has 0 aliphatic carbocycles. The molecule has 1 saturated heterocycles. The van der Waals surface area contributed by atoms with Gasteiger partial charge in [-0.15, -0.1) is 0 Å². The first kappa shape index (κ1) is 15.3. The van der Waals surface area contributed by atoms with E-state index in [0.717, 1.165) is 25.3 Å². The zero-order valence-electron chi connectivity index (χ0n) is 12.6. The molecule has 112 valence electrons. The molecular formula is C16H21N3O2. The van der Waals surface area contributed by atoms with Crippen LogP contribution in [0.1, 0.15) is 25.8 Å². The number of carbonyl (C=O) groups is 1. The molecule has 1 amide bonds. The third-order valence-corrected chi connectivity index (χ3v) is 3.84. The fourth-order valence-electron chi connectivity index (χ4n) is 2.41. The van der Waals surface area contributed by atoms with Crippen LogP contribution in [0.4, 0.5) is 0 Å². The van der Waals surface area contributed by atoms with Crippen LogP contribution in [0.25, 0.3) is 0 Å². The molecule has 0 aromatic heterocycles. The highest BCUT2D eigenvalue weighted by Crippen LogP contribution is 2.18. The second-order valence-corrected chi connectivity index (χ2v) is 5.64. The zero-order chi connectivity index (χ0) is 15.3. The van der Waals surface area contributed by atoms with E-state index in [4.69, 9.17) is 10.00 Å².